The number of rotatable bonds is 5. The van der Waals surface area contributed by atoms with Crippen molar-refractivity contribution in [2.45, 2.75) is 0 Å². The lowest BCUT2D eigenvalue weighted by molar-refractivity contribution is -0.105. The van der Waals surface area contributed by atoms with Crippen molar-refractivity contribution in [1.29, 1.82) is 0 Å². The van der Waals surface area contributed by atoms with Gasteiger partial charge in [0.25, 0.3) is 0 Å². The molecule has 1 amide bonds. The second-order valence-corrected chi connectivity index (χ2v) is 4.39. The molecule has 0 saturated heterocycles. The van der Waals surface area contributed by atoms with Crippen LogP contribution in [-0.4, -0.2) is 24.7 Å². The van der Waals surface area contributed by atoms with Gasteiger partial charge in [0, 0.05) is 28.0 Å². The summed E-state index contributed by atoms with van der Waals surface area (Å²) in [5.74, 6) is 0.632. The first-order valence-electron chi connectivity index (χ1n) is 6.26. The number of ether oxygens (including phenoxy) is 1. The number of alkyl halides is 1. The zero-order valence-corrected chi connectivity index (χ0v) is 10.7. The number of benzene rings is 2. The Labute approximate surface area is 114 Å². The fourth-order valence-corrected chi connectivity index (χ4v) is 2.29. The van der Waals surface area contributed by atoms with E-state index in [1.165, 1.54) is 0 Å². The third kappa shape index (κ3) is 2.18. The SMILES string of the molecule is O=CNc1ccc2c(c1)[nH]c1cc(OCC[18F])ccc12. The van der Waals surface area contributed by atoms with Crippen molar-refractivity contribution in [3.8, 4) is 5.75 Å². The zero-order valence-electron chi connectivity index (χ0n) is 10.7. The van der Waals surface area contributed by atoms with E-state index in [1.807, 2.05) is 36.4 Å². The molecule has 0 atom stereocenters. The Balaban J connectivity index is 2.07. The van der Waals surface area contributed by atoms with Gasteiger partial charge in [0.1, 0.15) is 19.0 Å². The first-order valence-corrected chi connectivity index (χ1v) is 6.26. The van der Waals surface area contributed by atoms with Gasteiger partial charge in [0.15, 0.2) is 0 Å². The van der Waals surface area contributed by atoms with Crippen molar-refractivity contribution in [2.24, 2.45) is 0 Å². The molecule has 2 aromatic carbocycles. The lowest BCUT2D eigenvalue weighted by Gasteiger charge is -2.02. The van der Waals surface area contributed by atoms with E-state index in [1.54, 1.807) is 0 Å². The van der Waals surface area contributed by atoms with E-state index >= 15 is 0 Å². The van der Waals surface area contributed by atoms with Crippen molar-refractivity contribution >= 4 is 33.9 Å². The predicted molar refractivity (Wildman–Crippen MR) is 77.0 cm³/mol. The van der Waals surface area contributed by atoms with Crippen LogP contribution in [0.25, 0.3) is 21.8 Å². The molecular weight excluding hydrogens is 258 g/mol. The molecule has 0 bridgehead atoms. The van der Waals surface area contributed by atoms with Gasteiger partial charge in [-0.3, -0.25) is 4.79 Å². The molecule has 102 valence electrons. The molecule has 0 saturated carbocycles. The van der Waals surface area contributed by atoms with Crippen molar-refractivity contribution in [2.75, 3.05) is 18.6 Å². The summed E-state index contributed by atoms with van der Waals surface area (Å²) in [7, 11) is 0. The smallest absolute Gasteiger partial charge is 0.211 e. The van der Waals surface area contributed by atoms with Gasteiger partial charge in [-0.15, -0.1) is 0 Å². The molecule has 1 heterocycles. The fraction of sp³-hybridized carbons (Fsp3) is 0.133. The van der Waals surface area contributed by atoms with Gasteiger partial charge < -0.3 is 15.0 Å². The Hall–Kier alpha value is -2.56. The number of hydrogen-bond donors (Lipinski definition) is 2. The topological polar surface area (TPSA) is 54.1 Å². The molecule has 0 radical (unpaired) electrons. The van der Waals surface area contributed by atoms with E-state index in [2.05, 4.69) is 10.3 Å². The number of amides is 1. The average Bonchev–Trinajstić information content (AvgIpc) is 2.82. The van der Waals surface area contributed by atoms with Crippen molar-refractivity contribution in [3.63, 3.8) is 0 Å². The molecule has 1 aromatic heterocycles. The number of H-pyrrole nitrogens is 1. The Morgan fingerprint density at radius 1 is 1.15 bits per heavy atom. The summed E-state index contributed by atoms with van der Waals surface area (Å²) in [5.41, 5.74) is 2.57. The molecule has 0 aliphatic rings. The van der Waals surface area contributed by atoms with Gasteiger partial charge >= 0.3 is 0 Å². The minimum Gasteiger partial charge on any atom is -0.491 e. The molecular formula is C15H13FN2O2. The molecule has 4 nitrogen and oxygen atoms in total. The molecule has 0 spiro atoms. The van der Waals surface area contributed by atoms with Gasteiger partial charge in [-0.2, -0.15) is 0 Å². The number of aromatic amines is 1. The van der Waals surface area contributed by atoms with Crippen molar-refractivity contribution < 1.29 is 13.9 Å². The molecule has 0 fully saturated rings. The summed E-state index contributed by atoms with van der Waals surface area (Å²) in [6.07, 6.45) is 0.646. The van der Waals surface area contributed by atoms with Gasteiger partial charge in [-0.1, -0.05) is 6.07 Å². The van der Waals surface area contributed by atoms with Crippen LogP contribution in [0.1, 0.15) is 0 Å². The lowest BCUT2D eigenvalue weighted by atomic mass is 10.1. The molecule has 20 heavy (non-hydrogen) atoms. The summed E-state index contributed by atoms with van der Waals surface area (Å²) in [6, 6.07) is 11.3. The largest absolute Gasteiger partial charge is 0.491 e. The maximum atomic E-state index is 12.1. The third-order valence-electron chi connectivity index (χ3n) is 3.14. The van der Waals surface area contributed by atoms with Crippen LogP contribution in [0.15, 0.2) is 36.4 Å². The summed E-state index contributed by atoms with van der Waals surface area (Å²) >= 11 is 0. The Morgan fingerprint density at radius 2 is 1.90 bits per heavy atom. The average molecular weight is 271 g/mol. The van der Waals surface area contributed by atoms with E-state index in [0.717, 1.165) is 27.5 Å². The van der Waals surface area contributed by atoms with E-state index in [-0.39, 0.29) is 6.61 Å². The summed E-state index contributed by atoms with van der Waals surface area (Å²) in [4.78, 5) is 13.7. The van der Waals surface area contributed by atoms with Crippen LogP contribution in [0.4, 0.5) is 10.1 Å². The molecule has 3 rings (SSSR count). The van der Waals surface area contributed by atoms with Crippen LogP contribution >= 0.6 is 0 Å². The molecule has 3 aromatic rings. The monoisotopic (exact) mass is 271 g/mol. The fourth-order valence-electron chi connectivity index (χ4n) is 2.29. The Kier molecular flexibility index (Phi) is 3.25. The maximum Gasteiger partial charge on any atom is 0.211 e. The van der Waals surface area contributed by atoms with Gasteiger partial charge in [0.2, 0.25) is 6.41 Å². The number of fused-ring (bicyclic) bond motifs is 3. The Bertz CT molecular complexity index is 767. The van der Waals surface area contributed by atoms with Crippen LogP contribution in [0.2, 0.25) is 0 Å². The first-order chi connectivity index (χ1) is 9.81. The van der Waals surface area contributed by atoms with Crippen LogP contribution in [0.5, 0.6) is 5.75 Å². The molecule has 5 heteroatoms. The highest BCUT2D eigenvalue weighted by Crippen LogP contribution is 2.29. The van der Waals surface area contributed by atoms with Crippen molar-refractivity contribution in [3.05, 3.63) is 36.4 Å². The highest BCUT2D eigenvalue weighted by Gasteiger charge is 2.06. The molecule has 0 aliphatic carbocycles. The number of aromatic nitrogens is 1. The second-order valence-electron chi connectivity index (χ2n) is 4.39. The number of halogens is 1. The van der Waals surface area contributed by atoms with E-state index in [4.69, 9.17) is 4.74 Å². The molecule has 2 N–H and O–H groups in total. The summed E-state index contributed by atoms with van der Waals surface area (Å²) in [6.45, 7) is -0.454. The predicted octanol–water partition coefficient (Wildman–Crippen LogP) is 3.24. The van der Waals surface area contributed by atoms with Crippen molar-refractivity contribution in [1.82, 2.24) is 4.98 Å². The van der Waals surface area contributed by atoms with E-state index in [9.17, 15) is 9.18 Å². The van der Waals surface area contributed by atoms with E-state index in [0.29, 0.717) is 12.2 Å². The molecule has 0 aliphatic heterocycles. The van der Waals surface area contributed by atoms with Gasteiger partial charge in [-0.05, 0) is 24.3 Å². The zero-order chi connectivity index (χ0) is 13.9. The number of carbonyl (C=O) groups excluding carboxylic acids is 1. The number of carbonyl (C=O) groups is 1. The number of nitrogens with one attached hydrogen (secondary N) is 2. The summed E-state index contributed by atoms with van der Waals surface area (Å²) in [5, 5.41) is 4.74. The van der Waals surface area contributed by atoms with Gasteiger partial charge in [0.05, 0.1) is 5.52 Å². The third-order valence-corrected chi connectivity index (χ3v) is 3.14. The minimum atomic E-state index is -0.508. The number of anilines is 1. The maximum absolute atomic E-state index is 12.1. The standard InChI is InChI=1S/C15H13FN2O2/c16-5-6-20-11-2-4-13-12-3-1-10(17-9-19)7-14(12)18-15(13)8-11/h1-4,7-9,18H,5-6H2,(H,17,19)/i16-1. The Morgan fingerprint density at radius 3 is 2.65 bits per heavy atom. The van der Waals surface area contributed by atoms with Crippen LogP contribution < -0.4 is 10.1 Å². The van der Waals surface area contributed by atoms with Crippen LogP contribution in [-0.2, 0) is 4.79 Å². The van der Waals surface area contributed by atoms with Gasteiger partial charge in [-0.25, -0.2) is 4.39 Å². The molecule has 0 unspecified atom stereocenters. The lowest BCUT2D eigenvalue weighted by Crippen LogP contribution is -1.98. The quantitative estimate of drug-likeness (QED) is 0.700. The van der Waals surface area contributed by atoms with E-state index < -0.39 is 6.67 Å². The van der Waals surface area contributed by atoms with Crippen LogP contribution in [0.3, 0.4) is 0 Å². The second kappa shape index (κ2) is 5.21. The highest BCUT2D eigenvalue weighted by molar-refractivity contribution is 6.08. The highest BCUT2D eigenvalue weighted by atomic mass is 18.2. The van der Waals surface area contributed by atoms with Crippen LogP contribution in [0, 0.1) is 0 Å². The minimum absolute atomic E-state index is 0.0547. The normalized spacial score (nSPS) is 10.8. The first kappa shape index (κ1) is 12.5. The summed E-state index contributed by atoms with van der Waals surface area (Å²) < 4.78 is 17.4. The number of hydrogen-bond acceptors (Lipinski definition) is 2.